The molecular weight excluding hydrogens is 610 g/mol. The van der Waals surface area contributed by atoms with Gasteiger partial charge in [0, 0.05) is 41.3 Å². The summed E-state index contributed by atoms with van der Waals surface area (Å²) in [5.41, 5.74) is 6.52. The number of unbranched alkanes of at least 4 members (excludes halogenated alkanes) is 1. The second-order valence-electron chi connectivity index (χ2n) is 9.39. The van der Waals surface area contributed by atoms with Gasteiger partial charge in [-0.1, -0.05) is 19.4 Å². The maximum absolute atomic E-state index is 13.0. The van der Waals surface area contributed by atoms with Gasteiger partial charge < -0.3 is 10.1 Å². The molecule has 0 bridgehead atoms. The molecule has 0 saturated carbocycles. The maximum Gasteiger partial charge on any atom is 0.361 e. The Labute approximate surface area is 257 Å². The topological polar surface area (TPSA) is 187 Å². The number of hydrogen-bond donors (Lipinski definition) is 4. The van der Waals surface area contributed by atoms with Crippen LogP contribution >= 0.6 is 11.8 Å². The number of fused-ring (bicyclic) bond motifs is 1. The first-order valence-corrected chi connectivity index (χ1v) is 16.2. The molecule has 2 amide bonds. The molecule has 14 nitrogen and oxygen atoms in total. The highest BCUT2D eigenvalue weighted by Crippen LogP contribution is 2.22. The first kappa shape index (κ1) is 32.2. The summed E-state index contributed by atoms with van der Waals surface area (Å²) in [6.45, 7) is 3.37. The molecule has 0 unspecified atom stereocenters. The number of nitro benzene ring substituents is 1. The molecule has 4 N–H and O–H groups in total. The number of carbonyl (C=O) groups excluding carboxylic acids is 2. The predicted octanol–water partition coefficient (Wildman–Crippen LogP) is 4.82. The zero-order chi connectivity index (χ0) is 31.5. The molecule has 4 aromatic rings. The van der Waals surface area contributed by atoms with Crippen molar-refractivity contribution in [2.45, 2.75) is 24.7 Å². The standard InChI is InChI=1S/C28H31N7O7S2/c1-2-3-13-42-14-15-43-19-27(36)30-23-5-4-6-25(17-23)44(40,41)33-22-9-7-21(8-10-22)31-32-28(37)34-26-12-11-24(35(38)39)16-20(26)18-29-34/h4-12,16-18,31,33H,2-3,13-15,19H2,1H3,(H,30,36)(H,32,37). The summed E-state index contributed by atoms with van der Waals surface area (Å²) in [7, 11) is -3.97. The Morgan fingerprint density at radius 1 is 1.02 bits per heavy atom. The molecule has 16 heteroatoms. The van der Waals surface area contributed by atoms with E-state index in [-0.39, 0.29) is 27.9 Å². The van der Waals surface area contributed by atoms with E-state index in [9.17, 15) is 28.1 Å². The molecule has 0 radical (unpaired) electrons. The second-order valence-corrected chi connectivity index (χ2v) is 12.2. The molecule has 0 fully saturated rings. The van der Waals surface area contributed by atoms with E-state index in [0.29, 0.717) is 41.2 Å². The molecule has 0 aliphatic rings. The maximum atomic E-state index is 13.0. The van der Waals surface area contributed by atoms with E-state index in [1.54, 1.807) is 24.3 Å². The highest BCUT2D eigenvalue weighted by atomic mass is 32.2. The van der Waals surface area contributed by atoms with Gasteiger partial charge in [0.05, 0.1) is 39.6 Å². The Morgan fingerprint density at radius 2 is 1.80 bits per heavy atom. The Hall–Kier alpha value is -4.67. The molecule has 0 aliphatic carbocycles. The molecule has 1 heterocycles. The lowest BCUT2D eigenvalue weighted by Gasteiger charge is -2.12. The molecule has 1 aromatic heterocycles. The Bertz CT molecular complexity index is 1730. The van der Waals surface area contributed by atoms with Crippen molar-refractivity contribution in [3.63, 3.8) is 0 Å². The molecule has 0 spiro atoms. The summed E-state index contributed by atoms with van der Waals surface area (Å²) >= 11 is 1.44. The van der Waals surface area contributed by atoms with E-state index >= 15 is 0 Å². The smallest absolute Gasteiger partial charge is 0.361 e. The summed E-state index contributed by atoms with van der Waals surface area (Å²) in [6.07, 6.45) is 3.42. The average molecular weight is 642 g/mol. The fourth-order valence-corrected chi connectivity index (χ4v) is 5.62. The van der Waals surface area contributed by atoms with Crippen LogP contribution in [-0.4, -0.2) is 59.8 Å². The van der Waals surface area contributed by atoms with Crippen molar-refractivity contribution in [3.8, 4) is 0 Å². The van der Waals surface area contributed by atoms with Crippen LogP contribution in [0.1, 0.15) is 19.8 Å². The van der Waals surface area contributed by atoms with Crippen LogP contribution in [0.5, 0.6) is 0 Å². The van der Waals surface area contributed by atoms with Gasteiger partial charge >= 0.3 is 6.03 Å². The van der Waals surface area contributed by atoms with E-state index in [1.807, 2.05) is 0 Å². The number of nitrogens with one attached hydrogen (secondary N) is 4. The number of hydrogen-bond acceptors (Lipinski definition) is 10. The van der Waals surface area contributed by atoms with E-state index in [2.05, 4.69) is 32.9 Å². The first-order chi connectivity index (χ1) is 21.2. The van der Waals surface area contributed by atoms with E-state index in [4.69, 9.17) is 4.74 Å². The Balaban J connectivity index is 1.28. The number of thioether (sulfide) groups is 1. The third-order valence-corrected chi connectivity index (χ3v) is 8.38. The lowest BCUT2D eigenvalue weighted by Crippen LogP contribution is -2.33. The van der Waals surface area contributed by atoms with E-state index in [1.165, 1.54) is 60.4 Å². The number of sulfonamides is 1. The highest BCUT2D eigenvalue weighted by molar-refractivity contribution is 7.99. The number of benzene rings is 3. The SMILES string of the molecule is CCCCOCCSCC(=O)Nc1cccc(S(=O)(=O)Nc2ccc(NNC(=O)n3ncc4cc([N+](=O)[O-])ccc43)cc2)c1. The Morgan fingerprint density at radius 3 is 2.55 bits per heavy atom. The van der Waals surface area contributed by atoms with Crippen molar-refractivity contribution in [2.24, 2.45) is 0 Å². The number of nitro groups is 1. The number of anilines is 3. The normalized spacial score (nSPS) is 11.2. The number of amides is 2. The second kappa shape index (κ2) is 15.2. The molecule has 232 valence electrons. The van der Waals surface area contributed by atoms with Gasteiger partial charge in [-0.3, -0.25) is 25.1 Å². The lowest BCUT2D eigenvalue weighted by atomic mass is 10.2. The lowest BCUT2D eigenvalue weighted by molar-refractivity contribution is -0.384. The first-order valence-electron chi connectivity index (χ1n) is 13.5. The van der Waals surface area contributed by atoms with Crippen LogP contribution in [0.3, 0.4) is 0 Å². The third-order valence-electron chi connectivity index (χ3n) is 6.08. The summed E-state index contributed by atoms with van der Waals surface area (Å²) in [6, 6.07) is 15.4. The fraction of sp³-hybridized carbons (Fsp3) is 0.250. The van der Waals surface area contributed by atoms with Crippen molar-refractivity contribution in [3.05, 3.63) is 83.0 Å². The zero-order valence-electron chi connectivity index (χ0n) is 23.7. The largest absolute Gasteiger partial charge is 0.381 e. The number of non-ortho nitro benzene ring substituents is 1. The van der Waals surface area contributed by atoms with Crippen molar-refractivity contribution in [1.29, 1.82) is 0 Å². The average Bonchev–Trinajstić information content (AvgIpc) is 3.44. The van der Waals surface area contributed by atoms with Gasteiger partial charge in [-0.15, -0.1) is 11.8 Å². The molecule has 3 aromatic carbocycles. The highest BCUT2D eigenvalue weighted by Gasteiger charge is 2.16. The molecule has 0 atom stereocenters. The van der Waals surface area contributed by atoms with Gasteiger partial charge in [-0.2, -0.15) is 9.78 Å². The van der Waals surface area contributed by atoms with Crippen molar-refractivity contribution in [1.82, 2.24) is 15.2 Å². The fourth-order valence-electron chi connectivity index (χ4n) is 3.88. The number of carbonyl (C=O) groups is 2. The van der Waals surface area contributed by atoms with Gasteiger partial charge in [-0.05, 0) is 55.0 Å². The monoisotopic (exact) mass is 641 g/mol. The van der Waals surface area contributed by atoms with E-state index < -0.39 is 21.0 Å². The minimum Gasteiger partial charge on any atom is -0.381 e. The van der Waals surface area contributed by atoms with Crippen LogP contribution in [0.2, 0.25) is 0 Å². The predicted molar refractivity (Wildman–Crippen MR) is 169 cm³/mol. The number of ether oxygens (including phenoxy) is 1. The number of aromatic nitrogens is 2. The van der Waals surface area contributed by atoms with Crippen LogP contribution in [0, 0.1) is 10.1 Å². The van der Waals surface area contributed by atoms with Gasteiger partial charge in [0.25, 0.3) is 15.7 Å². The number of hydrazine groups is 1. The van der Waals surface area contributed by atoms with Gasteiger partial charge in [0.2, 0.25) is 5.91 Å². The zero-order valence-corrected chi connectivity index (χ0v) is 25.3. The van der Waals surface area contributed by atoms with Gasteiger partial charge in [0.1, 0.15) is 0 Å². The van der Waals surface area contributed by atoms with Gasteiger partial charge in [-0.25, -0.2) is 18.6 Å². The summed E-state index contributed by atoms with van der Waals surface area (Å²) in [4.78, 5) is 35.3. The van der Waals surface area contributed by atoms with Crippen LogP contribution in [0.15, 0.2) is 77.8 Å². The molecular formula is C28H31N7O7S2. The van der Waals surface area contributed by atoms with E-state index in [0.717, 1.165) is 17.5 Å². The summed E-state index contributed by atoms with van der Waals surface area (Å²) in [5.74, 6) is 0.661. The van der Waals surface area contributed by atoms with Gasteiger partial charge in [0.15, 0.2) is 0 Å². The summed E-state index contributed by atoms with van der Waals surface area (Å²) in [5, 5.41) is 18.1. The summed E-state index contributed by atoms with van der Waals surface area (Å²) < 4.78 is 35.0. The Kier molecular flexibility index (Phi) is 11.1. The van der Waals surface area contributed by atoms with Crippen molar-refractivity contribution < 1.29 is 27.7 Å². The molecule has 0 aliphatic heterocycles. The van der Waals surface area contributed by atoms with Crippen LogP contribution in [-0.2, 0) is 19.6 Å². The van der Waals surface area contributed by atoms with Crippen LogP contribution in [0.4, 0.5) is 27.5 Å². The third kappa shape index (κ3) is 8.92. The quantitative estimate of drug-likeness (QED) is 0.0796. The van der Waals surface area contributed by atoms with Crippen LogP contribution in [0.25, 0.3) is 10.9 Å². The van der Waals surface area contributed by atoms with Crippen molar-refractivity contribution >= 4 is 67.4 Å². The minimum absolute atomic E-state index is 0.0291. The number of rotatable bonds is 15. The molecule has 44 heavy (non-hydrogen) atoms. The minimum atomic E-state index is -3.97. The number of nitrogens with zero attached hydrogens (tertiary/aromatic N) is 3. The molecule has 4 rings (SSSR count). The van der Waals surface area contributed by atoms with Crippen LogP contribution < -0.4 is 20.9 Å². The van der Waals surface area contributed by atoms with Crippen molar-refractivity contribution in [2.75, 3.05) is 40.2 Å². The molecule has 0 saturated heterocycles.